The molecule has 0 fully saturated rings. The summed E-state index contributed by atoms with van der Waals surface area (Å²) >= 11 is 0. The molecule has 21 heavy (non-hydrogen) atoms. The van der Waals surface area contributed by atoms with E-state index in [0.29, 0.717) is 5.82 Å². The lowest BCUT2D eigenvalue weighted by atomic mass is 10.1. The Morgan fingerprint density at radius 2 is 2.19 bits per heavy atom. The first-order valence-corrected chi connectivity index (χ1v) is 6.53. The zero-order chi connectivity index (χ0) is 14.8. The van der Waals surface area contributed by atoms with Crippen molar-refractivity contribution in [2.75, 3.05) is 0 Å². The van der Waals surface area contributed by atoms with E-state index < -0.39 is 0 Å². The maximum atomic E-state index is 11.8. The summed E-state index contributed by atoms with van der Waals surface area (Å²) in [5.74, 6) is 0.430. The summed E-state index contributed by atoms with van der Waals surface area (Å²) in [6.07, 6.45) is 1.73. The van der Waals surface area contributed by atoms with Crippen molar-refractivity contribution in [3.05, 3.63) is 47.3 Å². The molecule has 1 aromatic carbocycles. The van der Waals surface area contributed by atoms with Crippen LogP contribution in [0.4, 0.5) is 0 Å². The maximum Gasteiger partial charge on any atom is 0.310 e. The van der Waals surface area contributed by atoms with Crippen molar-refractivity contribution < 1.29 is 18.5 Å². The van der Waals surface area contributed by atoms with Gasteiger partial charge in [-0.05, 0) is 25.5 Å². The second-order valence-electron chi connectivity index (χ2n) is 4.83. The molecule has 0 aliphatic heterocycles. The van der Waals surface area contributed by atoms with Crippen molar-refractivity contribution >= 4 is 16.9 Å². The van der Waals surface area contributed by atoms with E-state index in [1.54, 1.807) is 13.2 Å². The molecule has 2 heterocycles. The minimum absolute atomic E-state index is 0.0193. The van der Waals surface area contributed by atoms with Gasteiger partial charge in [0.15, 0.2) is 12.4 Å². The number of esters is 1. The van der Waals surface area contributed by atoms with Crippen LogP contribution in [-0.4, -0.2) is 16.1 Å². The number of aryl methyl sites for hydroxylation is 2. The molecule has 0 spiro atoms. The molecule has 3 rings (SSSR count). The predicted octanol–water partition coefficient (Wildman–Crippen LogP) is 2.72. The largest absolute Gasteiger partial charge is 0.464 e. The number of ether oxygens (including phenoxy) is 1. The highest BCUT2D eigenvalue weighted by molar-refractivity contribution is 5.86. The third-order valence-corrected chi connectivity index (χ3v) is 3.07. The highest BCUT2D eigenvalue weighted by Crippen LogP contribution is 2.23. The van der Waals surface area contributed by atoms with E-state index in [4.69, 9.17) is 13.7 Å². The number of carbonyl (C=O) groups is 1. The van der Waals surface area contributed by atoms with Gasteiger partial charge in [0, 0.05) is 10.9 Å². The number of hydrogen-bond acceptors (Lipinski definition) is 6. The summed E-state index contributed by atoms with van der Waals surface area (Å²) < 4.78 is 15.4. The van der Waals surface area contributed by atoms with Gasteiger partial charge in [0.05, 0.1) is 12.7 Å². The van der Waals surface area contributed by atoms with E-state index in [1.165, 1.54) is 0 Å². The van der Waals surface area contributed by atoms with Crippen LogP contribution in [0.15, 0.2) is 33.4 Å². The molecule has 0 saturated carbocycles. The molecule has 0 atom stereocenters. The molecule has 3 aromatic rings. The third kappa shape index (κ3) is 2.94. The van der Waals surface area contributed by atoms with Crippen LogP contribution in [0.2, 0.25) is 0 Å². The molecule has 0 N–H and O–H groups in total. The molecule has 0 saturated heterocycles. The summed E-state index contributed by atoms with van der Waals surface area (Å²) in [5, 5.41) is 4.55. The number of furan rings is 1. The van der Waals surface area contributed by atoms with Crippen LogP contribution < -0.4 is 0 Å². The van der Waals surface area contributed by atoms with Crippen molar-refractivity contribution in [3.63, 3.8) is 0 Å². The van der Waals surface area contributed by atoms with Crippen LogP contribution in [-0.2, 0) is 22.6 Å². The minimum Gasteiger partial charge on any atom is -0.464 e. The second-order valence-corrected chi connectivity index (χ2v) is 4.83. The van der Waals surface area contributed by atoms with Crippen LogP contribution >= 0.6 is 0 Å². The van der Waals surface area contributed by atoms with E-state index in [9.17, 15) is 4.79 Å². The molecule has 2 aromatic heterocycles. The van der Waals surface area contributed by atoms with Crippen molar-refractivity contribution in [3.8, 4) is 0 Å². The van der Waals surface area contributed by atoms with Gasteiger partial charge in [-0.2, -0.15) is 4.98 Å². The van der Waals surface area contributed by atoms with Gasteiger partial charge in [0.25, 0.3) is 5.89 Å². The SMILES string of the molecule is Cc1ccc2c(CC(=O)OCc3nc(C)no3)coc2c1. The Balaban J connectivity index is 1.66. The Morgan fingerprint density at radius 3 is 2.95 bits per heavy atom. The summed E-state index contributed by atoms with van der Waals surface area (Å²) in [4.78, 5) is 15.8. The predicted molar refractivity (Wildman–Crippen MR) is 73.5 cm³/mol. The molecule has 0 aliphatic carbocycles. The smallest absolute Gasteiger partial charge is 0.310 e. The zero-order valence-corrected chi connectivity index (χ0v) is 11.8. The first kappa shape index (κ1) is 13.4. The van der Waals surface area contributed by atoms with Gasteiger partial charge < -0.3 is 13.7 Å². The first-order valence-electron chi connectivity index (χ1n) is 6.53. The number of aromatic nitrogens is 2. The highest BCUT2D eigenvalue weighted by atomic mass is 16.6. The normalized spacial score (nSPS) is 11.0. The fourth-order valence-electron chi connectivity index (χ4n) is 2.07. The number of rotatable bonds is 4. The molecule has 0 unspecified atom stereocenters. The van der Waals surface area contributed by atoms with Gasteiger partial charge in [0.2, 0.25) is 0 Å². The molecule has 6 nitrogen and oxygen atoms in total. The highest BCUT2D eigenvalue weighted by Gasteiger charge is 2.13. The van der Waals surface area contributed by atoms with Crippen LogP contribution in [0.5, 0.6) is 0 Å². The average Bonchev–Trinajstić information content (AvgIpc) is 3.03. The molecular formula is C15H14N2O4. The fourth-order valence-corrected chi connectivity index (χ4v) is 2.07. The van der Waals surface area contributed by atoms with Crippen LogP contribution in [0.3, 0.4) is 0 Å². The van der Waals surface area contributed by atoms with Gasteiger partial charge in [0.1, 0.15) is 5.58 Å². The lowest BCUT2D eigenvalue weighted by Gasteiger charge is -2.00. The van der Waals surface area contributed by atoms with E-state index in [0.717, 1.165) is 22.1 Å². The Labute approximate surface area is 120 Å². The Bertz CT molecular complexity index is 788. The Kier molecular flexibility index (Phi) is 3.43. The minimum atomic E-state index is -0.367. The second kappa shape index (κ2) is 5.40. The molecule has 0 bridgehead atoms. The number of hydrogen-bond donors (Lipinski definition) is 0. The van der Waals surface area contributed by atoms with Crippen molar-refractivity contribution in [1.29, 1.82) is 0 Å². The molecular weight excluding hydrogens is 272 g/mol. The summed E-state index contributed by atoms with van der Waals surface area (Å²) in [6.45, 7) is 3.67. The van der Waals surface area contributed by atoms with E-state index in [2.05, 4.69) is 10.1 Å². The first-order chi connectivity index (χ1) is 10.1. The van der Waals surface area contributed by atoms with Gasteiger partial charge in [-0.3, -0.25) is 4.79 Å². The average molecular weight is 286 g/mol. The Hall–Kier alpha value is -2.63. The van der Waals surface area contributed by atoms with Gasteiger partial charge in [-0.15, -0.1) is 0 Å². The maximum absolute atomic E-state index is 11.8. The van der Waals surface area contributed by atoms with Crippen molar-refractivity contribution in [2.45, 2.75) is 26.9 Å². The number of nitrogens with zero attached hydrogens (tertiary/aromatic N) is 2. The van der Waals surface area contributed by atoms with Crippen molar-refractivity contribution in [2.24, 2.45) is 0 Å². The summed E-state index contributed by atoms with van der Waals surface area (Å²) in [7, 11) is 0. The van der Waals surface area contributed by atoms with Gasteiger partial charge in [-0.25, -0.2) is 0 Å². The van der Waals surface area contributed by atoms with Crippen LogP contribution in [0.1, 0.15) is 22.8 Å². The molecule has 6 heteroatoms. The van der Waals surface area contributed by atoms with Crippen molar-refractivity contribution in [1.82, 2.24) is 10.1 Å². The zero-order valence-electron chi connectivity index (χ0n) is 11.8. The lowest BCUT2D eigenvalue weighted by Crippen LogP contribution is -2.07. The topological polar surface area (TPSA) is 78.4 Å². The van der Waals surface area contributed by atoms with E-state index in [-0.39, 0.29) is 24.9 Å². The molecule has 108 valence electrons. The standard InChI is InChI=1S/C15H14N2O4/c1-9-3-4-12-11(7-19-13(12)5-9)6-15(18)20-8-14-16-10(2)17-21-14/h3-5,7H,6,8H2,1-2H3. The lowest BCUT2D eigenvalue weighted by molar-refractivity contribution is -0.144. The molecule has 0 radical (unpaired) electrons. The fraction of sp³-hybridized carbons (Fsp3) is 0.267. The number of benzene rings is 1. The van der Waals surface area contributed by atoms with Gasteiger partial charge in [-0.1, -0.05) is 17.3 Å². The monoisotopic (exact) mass is 286 g/mol. The third-order valence-electron chi connectivity index (χ3n) is 3.07. The van der Waals surface area contributed by atoms with Crippen LogP contribution in [0.25, 0.3) is 11.0 Å². The molecule has 0 aliphatic rings. The summed E-state index contributed by atoms with van der Waals surface area (Å²) in [5.41, 5.74) is 2.68. The quantitative estimate of drug-likeness (QED) is 0.686. The van der Waals surface area contributed by atoms with E-state index in [1.807, 2.05) is 25.1 Å². The van der Waals surface area contributed by atoms with Gasteiger partial charge >= 0.3 is 5.97 Å². The number of carbonyl (C=O) groups excluding carboxylic acids is 1. The summed E-state index contributed by atoms with van der Waals surface area (Å²) in [6, 6.07) is 5.86. The number of fused-ring (bicyclic) bond motifs is 1. The molecule has 0 amide bonds. The Morgan fingerprint density at radius 1 is 1.33 bits per heavy atom. The van der Waals surface area contributed by atoms with E-state index >= 15 is 0 Å². The van der Waals surface area contributed by atoms with Crippen LogP contribution in [0, 0.1) is 13.8 Å².